The molecule has 0 aliphatic rings. The summed E-state index contributed by atoms with van der Waals surface area (Å²) in [5.41, 5.74) is -0.419. The first-order valence-electron chi connectivity index (χ1n) is 9.26. The molecule has 1 amide bonds. The second-order valence-corrected chi connectivity index (χ2v) is 6.39. The van der Waals surface area contributed by atoms with E-state index in [1.807, 2.05) is 6.92 Å². The van der Waals surface area contributed by atoms with E-state index >= 15 is 0 Å². The van der Waals surface area contributed by atoms with Crippen molar-refractivity contribution in [3.8, 4) is 17.2 Å². The number of methoxy groups -OCH3 is 2. The summed E-state index contributed by atoms with van der Waals surface area (Å²) in [5, 5.41) is 3.17. The van der Waals surface area contributed by atoms with E-state index in [0.717, 1.165) is 6.42 Å². The lowest BCUT2D eigenvalue weighted by Gasteiger charge is -2.09. The number of rotatable bonds is 7. The number of fused-ring (bicyclic) bond motifs is 1. The highest BCUT2D eigenvalue weighted by molar-refractivity contribution is 5.97. The summed E-state index contributed by atoms with van der Waals surface area (Å²) < 4.78 is 20.9. The fourth-order valence-electron chi connectivity index (χ4n) is 2.74. The largest absolute Gasteiger partial charge is 0.497 e. The summed E-state index contributed by atoms with van der Waals surface area (Å²) >= 11 is 0. The first kappa shape index (κ1) is 20.9. The molecule has 1 aromatic heterocycles. The quantitative estimate of drug-likeness (QED) is 0.362. The second kappa shape index (κ2) is 9.13. The van der Waals surface area contributed by atoms with E-state index in [1.165, 1.54) is 38.5 Å². The van der Waals surface area contributed by atoms with Gasteiger partial charge in [-0.05, 0) is 36.8 Å². The van der Waals surface area contributed by atoms with Crippen LogP contribution < -0.4 is 25.2 Å². The van der Waals surface area contributed by atoms with Gasteiger partial charge in [-0.25, -0.2) is 9.59 Å². The van der Waals surface area contributed by atoms with Crippen molar-refractivity contribution in [2.75, 3.05) is 20.8 Å². The lowest BCUT2D eigenvalue weighted by Crippen LogP contribution is -2.28. The maximum Gasteiger partial charge on any atom is 0.349 e. The van der Waals surface area contributed by atoms with Crippen LogP contribution in [-0.4, -0.2) is 32.6 Å². The second-order valence-electron chi connectivity index (χ2n) is 6.39. The molecule has 30 heavy (non-hydrogen) atoms. The Bertz CT molecular complexity index is 1130. The third kappa shape index (κ3) is 4.60. The van der Waals surface area contributed by atoms with Crippen molar-refractivity contribution in [3.05, 3.63) is 64.0 Å². The fraction of sp³-hybridized carbons (Fsp3) is 0.227. The van der Waals surface area contributed by atoms with E-state index in [9.17, 15) is 14.4 Å². The van der Waals surface area contributed by atoms with Crippen LogP contribution in [-0.2, 0) is 0 Å². The zero-order valence-corrected chi connectivity index (χ0v) is 16.8. The summed E-state index contributed by atoms with van der Waals surface area (Å²) in [4.78, 5) is 36.8. The Hall–Kier alpha value is -3.81. The van der Waals surface area contributed by atoms with Crippen LogP contribution in [0.4, 0.5) is 0 Å². The summed E-state index contributed by atoms with van der Waals surface area (Å²) in [5.74, 6) is -0.0561. The molecule has 0 atom stereocenters. The number of nitrogens with one attached hydrogen (secondary N) is 1. The van der Waals surface area contributed by atoms with Gasteiger partial charge in [-0.15, -0.1) is 0 Å². The molecule has 8 nitrogen and oxygen atoms in total. The molecule has 0 aliphatic heterocycles. The molecule has 1 heterocycles. The molecule has 3 aromatic rings. The van der Waals surface area contributed by atoms with Gasteiger partial charge in [0.15, 0.2) is 0 Å². The molecule has 0 aliphatic carbocycles. The number of benzene rings is 2. The lowest BCUT2D eigenvalue weighted by atomic mass is 10.1. The van der Waals surface area contributed by atoms with Crippen LogP contribution in [0.1, 0.15) is 34.1 Å². The molecule has 0 bridgehead atoms. The van der Waals surface area contributed by atoms with E-state index in [4.69, 9.17) is 18.6 Å². The molecule has 0 saturated carbocycles. The predicted octanol–water partition coefficient (Wildman–Crippen LogP) is 3.17. The van der Waals surface area contributed by atoms with Crippen molar-refractivity contribution >= 4 is 22.8 Å². The standard InChI is InChI=1S/C22H21NO7/c1-4-7-23-20(24)18-10-13-5-6-15(12-19(13)30-22(18)26)29-21(25)14-8-16(27-2)11-17(9-14)28-3/h5-6,8-12H,4,7H2,1-3H3,(H,23,24). The number of hydrogen-bond donors (Lipinski definition) is 1. The van der Waals surface area contributed by atoms with Gasteiger partial charge in [0.1, 0.15) is 28.4 Å². The monoisotopic (exact) mass is 411 g/mol. The van der Waals surface area contributed by atoms with E-state index in [-0.39, 0.29) is 22.5 Å². The maximum atomic E-state index is 12.5. The Balaban J connectivity index is 1.86. The molecule has 0 fully saturated rings. The number of carbonyl (C=O) groups excluding carboxylic acids is 2. The number of hydrogen-bond acceptors (Lipinski definition) is 7. The van der Waals surface area contributed by atoms with E-state index in [0.29, 0.717) is 23.4 Å². The molecule has 2 aromatic carbocycles. The molecule has 1 N–H and O–H groups in total. The zero-order valence-electron chi connectivity index (χ0n) is 16.8. The van der Waals surface area contributed by atoms with Gasteiger partial charge in [-0.3, -0.25) is 4.79 Å². The third-order valence-electron chi connectivity index (χ3n) is 4.29. The Morgan fingerprint density at radius 1 is 0.967 bits per heavy atom. The molecule has 0 saturated heterocycles. The SMILES string of the molecule is CCCNC(=O)c1cc2ccc(OC(=O)c3cc(OC)cc(OC)c3)cc2oc1=O. The van der Waals surface area contributed by atoms with Gasteiger partial charge in [0.05, 0.1) is 19.8 Å². The molecular weight excluding hydrogens is 390 g/mol. The summed E-state index contributed by atoms with van der Waals surface area (Å²) in [6, 6.07) is 10.7. The Labute approximate surface area is 172 Å². The van der Waals surface area contributed by atoms with Crippen molar-refractivity contribution in [3.63, 3.8) is 0 Å². The van der Waals surface area contributed by atoms with E-state index in [1.54, 1.807) is 18.2 Å². The van der Waals surface area contributed by atoms with Crippen molar-refractivity contribution in [2.24, 2.45) is 0 Å². The zero-order chi connectivity index (χ0) is 21.7. The van der Waals surface area contributed by atoms with Gasteiger partial charge < -0.3 is 23.9 Å². The maximum absolute atomic E-state index is 12.5. The molecule has 3 rings (SSSR count). The minimum Gasteiger partial charge on any atom is -0.497 e. The van der Waals surface area contributed by atoms with Gasteiger partial charge in [0.2, 0.25) is 0 Å². The topological polar surface area (TPSA) is 104 Å². The Kier molecular flexibility index (Phi) is 6.36. The average Bonchev–Trinajstić information content (AvgIpc) is 2.76. The fourth-order valence-corrected chi connectivity index (χ4v) is 2.74. The van der Waals surface area contributed by atoms with Crippen LogP contribution in [0, 0.1) is 0 Å². The first-order chi connectivity index (χ1) is 14.4. The number of carbonyl (C=O) groups is 2. The third-order valence-corrected chi connectivity index (χ3v) is 4.29. The molecule has 8 heteroatoms. The predicted molar refractivity (Wildman–Crippen MR) is 110 cm³/mol. The van der Waals surface area contributed by atoms with Gasteiger partial charge in [-0.1, -0.05) is 6.92 Å². The normalized spacial score (nSPS) is 10.5. The number of esters is 1. The number of amides is 1. The highest BCUT2D eigenvalue weighted by atomic mass is 16.5. The van der Waals surface area contributed by atoms with Crippen LogP contribution in [0.5, 0.6) is 17.2 Å². The lowest BCUT2D eigenvalue weighted by molar-refractivity contribution is 0.0734. The van der Waals surface area contributed by atoms with E-state index < -0.39 is 17.5 Å². The van der Waals surface area contributed by atoms with Gasteiger partial charge in [-0.2, -0.15) is 0 Å². The molecule has 0 spiro atoms. The van der Waals surface area contributed by atoms with Gasteiger partial charge in [0.25, 0.3) is 5.91 Å². The molecule has 0 radical (unpaired) electrons. The van der Waals surface area contributed by atoms with Gasteiger partial charge >= 0.3 is 11.6 Å². The van der Waals surface area contributed by atoms with Crippen LogP contribution in [0.15, 0.2) is 51.7 Å². The van der Waals surface area contributed by atoms with Crippen LogP contribution in [0.25, 0.3) is 11.0 Å². The summed E-state index contributed by atoms with van der Waals surface area (Å²) in [6.45, 7) is 2.37. The van der Waals surface area contributed by atoms with Crippen LogP contribution in [0.3, 0.4) is 0 Å². The first-order valence-corrected chi connectivity index (χ1v) is 9.26. The van der Waals surface area contributed by atoms with Crippen molar-refractivity contribution in [1.29, 1.82) is 0 Å². The highest BCUT2D eigenvalue weighted by Gasteiger charge is 2.16. The van der Waals surface area contributed by atoms with E-state index in [2.05, 4.69) is 5.32 Å². The minimum atomic E-state index is -0.767. The van der Waals surface area contributed by atoms with Crippen LogP contribution >= 0.6 is 0 Å². The van der Waals surface area contributed by atoms with Crippen molar-refractivity contribution in [1.82, 2.24) is 5.32 Å². The molecule has 156 valence electrons. The van der Waals surface area contributed by atoms with Crippen LogP contribution in [0.2, 0.25) is 0 Å². The molecule has 0 unspecified atom stereocenters. The minimum absolute atomic E-state index is 0.0795. The number of ether oxygens (including phenoxy) is 3. The van der Waals surface area contributed by atoms with Gasteiger partial charge in [0, 0.05) is 24.1 Å². The van der Waals surface area contributed by atoms with Crippen molar-refractivity contribution in [2.45, 2.75) is 13.3 Å². The highest BCUT2D eigenvalue weighted by Crippen LogP contribution is 2.25. The Morgan fingerprint density at radius 2 is 1.67 bits per heavy atom. The Morgan fingerprint density at radius 3 is 2.30 bits per heavy atom. The molecular formula is C22H21NO7. The average molecular weight is 411 g/mol. The summed E-state index contributed by atoms with van der Waals surface area (Å²) in [7, 11) is 2.96. The smallest absolute Gasteiger partial charge is 0.349 e. The van der Waals surface area contributed by atoms with Crippen molar-refractivity contribution < 1.29 is 28.2 Å². The summed E-state index contributed by atoms with van der Waals surface area (Å²) in [6.07, 6.45) is 0.749.